The van der Waals surface area contributed by atoms with E-state index in [0.29, 0.717) is 36.5 Å². The van der Waals surface area contributed by atoms with Gasteiger partial charge < -0.3 is 19.5 Å². The Kier molecular flexibility index (Phi) is 7.86. The summed E-state index contributed by atoms with van der Waals surface area (Å²) in [6, 6.07) is 9.08. The molecule has 6 rings (SSSR count). The van der Waals surface area contributed by atoms with Gasteiger partial charge in [0.15, 0.2) is 5.65 Å². The van der Waals surface area contributed by atoms with E-state index in [1.807, 2.05) is 30.9 Å². The number of nitrogens with zero attached hydrogens (tertiary/aromatic N) is 5. The molecule has 1 saturated carbocycles. The second-order valence-electron chi connectivity index (χ2n) is 12.2. The number of benzene rings is 2. The molecule has 45 heavy (non-hydrogen) atoms. The number of anilines is 1. The lowest BCUT2D eigenvalue weighted by molar-refractivity contribution is -0.126. The zero-order chi connectivity index (χ0) is 32.4. The highest BCUT2D eigenvalue weighted by Crippen LogP contribution is 2.46. The number of hydrogen-bond acceptors (Lipinski definition) is 7. The number of phenols is 1. The maximum atomic E-state index is 15.2. The molecule has 12 heteroatoms. The van der Waals surface area contributed by atoms with Crippen molar-refractivity contribution in [3.8, 4) is 22.7 Å². The van der Waals surface area contributed by atoms with Crippen LogP contribution in [0.1, 0.15) is 36.8 Å². The standard InChI is InChI=1S/C33H34ClFN5O4P/c1-6-27(42)38-12-13-39(19(3)17-38)31-23-16-24(34)29(28-25(35)8-7-9-26(28)41)36-32(23)40(33(43)37-31)30-18(2)14-21(45(4,5)44)15-22(30)20-10-11-20/h6-9,14-16,19-20,41H,1,10-13,17H2,2-5H3/t19-/m0/s1. The van der Waals surface area contributed by atoms with E-state index in [1.165, 1.54) is 28.8 Å². The highest BCUT2D eigenvalue weighted by Gasteiger charge is 2.33. The van der Waals surface area contributed by atoms with E-state index in [2.05, 4.69) is 11.6 Å². The summed E-state index contributed by atoms with van der Waals surface area (Å²) in [5.74, 6) is -0.723. The minimum absolute atomic E-state index is 0.0200. The number of carbonyl (C=O) groups is 1. The summed E-state index contributed by atoms with van der Waals surface area (Å²) in [5.41, 5.74) is 1.60. The molecule has 0 bridgehead atoms. The van der Waals surface area contributed by atoms with Crippen molar-refractivity contribution < 1.29 is 18.9 Å². The van der Waals surface area contributed by atoms with Crippen molar-refractivity contribution in [2.45, 2.75) is 38.6 Å². The Morgan fingerprint density at radius 3 is 2.53 bits per heavy atom. The minimum Gasteiger partial charge on any atom is -0.507 e. The SMILES string of the molecule is C=CC(=O)N1CCN(c2nc(=O)n(-c3c(C)cc(P(C)(C)=O)cc3C3CC3)c3nc(-c4c(O)cccc4F)c(Cl)cc23)[C@@H](C)C1. The van der Waals surface area contributed by atoms with Crippen LogP contribution in [-0.2, 0) is 9.36 Å². The summed E-state index contributed by atoms with van der Waals surface area (Å²) in [5, 5.41) is 11.9. The molecule has 0 unspecified atom stereocenters. The van der Waals surface area contributed by atoms with Gasteiger partial charge in [-0.15, -0.1) is 0 Å². The molecule has 4 aromatic rings. The molecule has 0 radical (unpaired) electrons. The van der Waals surface area contributed by atoms with Gasteiger partial charge in [0, 0.05) is 31.0 Å². The Labute approximate surface area is 265 Å². The lowest BCUT2D eigenvalue weighted by atomic mass is 10.0. The van der Waals surface area contributed by atoms with Crippen LogP contribution in [0.25, 0.3) is 28.0 Å². The lowest BCUT2D eigenvalue weighted by Crippen LogP contribution is -2.54. The first-order valence-corrected chi connectivity index (χ1v) is 17.8. The fraction of sp³-hybridized carbons (Fsp3) is 0.333. The van der Waals surface area contributed by atoms with Gasteiger partial charge in [0.05, 0.1) is 27.4 Å². The average molecular weight is 650 g/mol. The van der Waals surface area contributed by atoms with Crippen LogP contribution < -0.4 is 15.9 Å². The summed E-state index contributed by atoms with van der Waals surface area (Å²) < 4.78 is 29.7. The van der Waals surface area contributed by atoms with Crippen molar-refractivity contribution >= 4 is 46.8 Å². The Morgan fingerprint density at radius 2 is 1.91 bits per heavy atom. The number of hydrogen-bond donors (Lipinski definition) is 1. The molecule has 1 atom stereocenters. The molecule has 1 amide bonds. The molecular formula is C33H34ClFN5O4P. The first kappa shape index (κ1) is 31.0. The van der Waals surface area contributed by atoms with Gasteiger partial charge in [-0.1, -0.05) is 24.2 Å². The number of amides is 1. The van der Waals surface area contributed by atoms with E-state index in [-0.39, 0.29) is 45.5 Å². The molecule has 2 aromatic heterocycles. The molecule has 234 valence electrons. The first-order valence-electron chi connectivity index (χ1n) is 14.8. The van der Waals surface area contributed by atoms with E-state index >= 15 is 4.39 Å². The Hall–Kier alpha value is -4.01. The average Bonchev–Trinajstić information content (AvgIpc) is 3.82. The lowest BCUT2D eigenvalue weighted by Gasteiger charge is -2.40. The van der Waals surface area contributed by atoms with Gasteiger partial charge in [0.25, 0.3) is 0 Å². The van der Waals surface area contributed by atoms with Gasteiger partial charge in [-0.05, 0) is 93.5 Å². The Morgan fingerprint density at radius 1 is 1.18 bits per heavy atom. The molecule has 0 spiro atoms. The van der Waals surface area contributed by atoms with E-state index in [4.69, 9.17) is 16.6 Å². The minimum atomic E-state index is -2.62. The largest absolute Gasteiger partial charge is 0.507 e. The molecule has 2 aromatic carbocycles. The zero-order valence-corrected chi connectivity index (χ0v) is 27.2. The molecule has 1 N–H and O–H groups in total. The normalized spacial score (nSPS) is 17.2. The molecule has 9 nitrogen and oxygen atoms in total. The van der Waals surface area contributed by atoms with Crippen molar-refractivity contribution in [3.63, 3.8) is 0 Å². The highest BCUT2D eigenvalue weighted by molar-refractivity contribution is 7.70. The quantitative estimate of drug-likeness (QED) is 0.214. The number of phenolic OH excluding ortho intramolecular Hbond substituents is 1. The van der Waals surface area contributed by atoms with Crippen LogP contribution in [-0.4, -0.2) is 69.5 Å². The third kappa shape index (κ3) is 5.55. The number of aromatic nitrogens is 3. The molecule has 2 aliphatic rings. The maximum absolute atomic E-state index is 15.2. The van der Waals surface area contributed by atoms with Crippen molar-refractivity contribution in [2.24, 2.45) is 0 Å². The summed E-state index contributed by atoms with van der Waals surface area (Å²) in [6.45, 7) is 12.0. The third-order valence-corrected chi connectivity index (χ3v) is 10.4. The Balaban J connectivity index is 1.66. The van der Waals surface area contributed by atoms with E-state index < -0.39 is 18.6 Å². The van der Waals surface area contributed by atoms with Gasteiger partial charge in [-0.25, -0.2) is 18.7 Å². The Bertz CT molecular complexity index is 1980. The van der Waals surface area contributed by atoms with Gasteiger partial charge in [-0.2, -0.15) is 4.98 Å². The zero-order valence-electron chi connectivity index (χ0n) is 25.5. The van der Waals surface area contributed by atoms with Gasteiger partial charge in [0.2, 0.25) is 5.91 Å². The number of pyridine rings is 1. The smallest absolute Gasteiger partial charge is 0.355 e. The van der Waals surface area contributed by atoms with Crippen LogP contribution in [0.5, 0.6) is 5.75 Å². The number of rotatable bonds is 6. The second kappa shape index (κ2) is 11.4. The predicted octanol–water partition coefficient (Wildman–Crippen LogP) is 5.60. The van der Waals surface area contributed by atoms with Crippen LogP contribution >= 0.6 is 18.7 Å². The third-order valence-electron chi connectivity index (χ3n) is 8.59. The maximum Gasteiger partial charge on any atom is 0.355 e. The van der Waals surface area contributed by atoms with Crippen LogP contribution in [0, 0.1) is 12.7 Å². The first-order chi connectivity index (χ1) is 21.3. The molecule has 1 aliphatic heterocycles. The molecule has 2 fully saturated rings. The van der Waals surface area contributed by atoms with Gasteiger partial charge >= 0.3 is 5.69 Å². The summed E-state index contributed by atoms with van der Waals surface area (Å²) in [7, 11) is -2.62. The molecule has 1 saturated heterocycles. The predicted molar refractivity (Wildman–Crippen MR) is 177 cm³/mol. The van der Waals surface area contributed by atoms with Crippen molar-refractivity contribution in [1.82, 2.24) is 19.4 Å². The van der Waals surface area contributed by atoms with E-state index in [0.717, 1.165) is 29.3 Å². The fourth-order valence-corrected chi connectivity index (χ4v) is 7.36. The van der Waals surface area contributed by atoms with Gasteiger partial charge in [-0.3, -0.25) is 4.79 Å². The van der Waals surface area contributed by atoms with Crippen LogP contribution in [0.4, 0.5) is 10.2 Å². The summed E-state index contributed by atoms with van der Waals surface area (Å²) in [4.78, 5) is 39.6. The number of aryl methyl sites for hydroxylation is 1. The van der Waals surface area contributed by atoms with Crippen LogP contribution in [0.2, 0.25) is 5.02 Å². The molecule has 1 aliphatic carbocycles. The topological polar surface area (TPSA) is 109 Å². The summed E-state index contributed by atoms with van der Waals surface area (Å²) in [6.07, 6.45) is 3.12. The number of carbonyl (C=O) groups excluding carboxylic acids is 1. The number of aromatic hydroxyl groups is 1. The number of fused-ring (bicyclic) bond motifs is 1. The number of halogens is 2. The highest BCUT2D eigenvalue weighted by atomic mass is 35.5. The van der Waals surface area contributed by atoms with Crippen LogP contribution in [0.3, 0.4) is 0 Å². The van der Waals surface area contributed by atoms with Gasteiger partial charge in [0.1, 0.15) is 24.5 Å². The monoisotopic (exact) mass is 649 g/mol. The molecule has 3 heterocycles. The van der Waals surface area contributed by atoms with E-state index in [1.54, 1.807) is 24.3 Å². The van der Waals surface area contributed by atoms with Crippen LogP contribution in [0.15, 0.2) is 53.8 Å². The number of piperazine rings is 1. The summed E-state index contributed by atoms with van der Waals surface area (Å²) >= 11 is 6.78. The molecular weight excluding hydrogens is 616 g/mol. The van der Waals surface area contributed by atoms with E-state index in [9.17, 15) is 19.3 Å². The van der Waals surface area contributed by atoms with Crippen molar-refractivity contribution in [2.75, 3.05) is 37.9 Å². The van der Waals surface area contributed by atoms with Crippen molar-refractivity contribution in [3.05, 3.63) is 81.5 Å². The second-order valence-corrected chi connectivity index (χ2v) is 15.9. The fourth-order valence-electron chi connectivity index (χ4n) is 6.16. The van der Waals surface area contributed by atoms with Crippen molar-refractivity contribution in [1.29, 1.82) is 0 Å².